The number of hydrogen-bond donors (Lipinski definition) is 2. The highest BCUT2D eigenvalue weighted by molar-refractivity contribution is 5.94. The molecule has 168 valence electrons. The van der Waals surface area contributed by atoms with E-state index in [0.717, 1.165) is 22.0 Å². The second kappa shape index (κ2) is 8.44. The van der Waals surface area contributed by atoms with E-state index in [4.69, 9.17) is 4.42 Å². The Hall–Kier alpha value is -4.52. The topological polar surface area (TPSA) is 105 Å². The molecule has 0 aliphatic rings. The van der Waals surface area contributed by atoms with Gasteiger partial charge in [-0.2, -0.15) is 0 Å². The van der Waals surface area contributed by atoms with Gasteiger partial charge < -0.3 is 14.8 Å². The summed E-state index contributed by atoms with van der Waals surface area (Å²) in [5, 5.41) is 14.1. The molecule has 1 atom stereocenters. The molecule has 1 unspecified atom stereocenters. The van der Waals surface area contributed by atoms with E-state index in [1.165, 1.54) is 6.07 Å². The highest BCUT2D eigenvalue weighted by atomic mass is 16.4. The fourth-order valence-electron chi connectivity index (χ4n) is 4.10. The number of anilines is 1. The van der Waals surface area contributed by atoms with Gasteiger partial charge in [0, 0.05) is 28.9 Å². The highest BCUT2D eigenvalue weighted by Crippen LogP contribution is 2.31. The molecular weight excluding hydrogens is 430 g/mol. The molecule has 5 aromatic rings. The molecule has 2 aromatic carbocycles. The number of carbonyl (C=O) groups is 1. The smallest absolute Gasteiger partial charge is 0.337 e. The van der Waals surface area contributed by atoms with Crippen LogP contribution in [0.3, 0.4) is 0 Å². The number of nitrogens with one attached hydrogen (secondary N) is 1. The van der Waals surface area contributed by atoms with E-state index in [9.17, 15) is 14.7 Å². The Labute approximate surface area is 194 Å². The summed E-state index contributed by atoms with van der Waals surface area (Å²) in [6.45, 7) is 3.81. The van der Waals surface area contributed by atoms with Gasteiger partial charge in [-0.15, -0.1) is 0 Å². The van der Waals surface area contributed by atoms with Crippen LogP contribution in [0.1, 0.15) is 34.5 Å². The summed E-state index contributed by atoms with van der Waals surface area (Å²) in [5.41, 5.74) is 3.85. The molecule has 0 bridgehead atoms. The second-order valence-electron chi connectivity index (χ2n) is 8.19. The molecule has 3 aromatic heterocycles. The third kappa shape index (κ3) is 3.88. The van der Waals surface area contributed by atoms with Crippen molar-refractivity contribution in [3.05, 3.63) is 100.0 Å². The van der Waals surface area contributed by atoms with E-state index >= 15 is 0 Å². The van der Waals surface area contributed by atoms with Crippen molar-refractivity contribution < 1.29 is 14.3 Å². The van der Waals surface area contributed by atoms with Crippen molar-refractivity contribution in [2.45, 2.75) is 19.9 Å². The molecule has 0 saturated heterocycles. The minimum atomic E-state index is -1.02. The van der Waals surface area contributed by atoms with Gasteiger partial charge in [0.15, 0.2) is 11.2 Å². The van der Waals surface area contributed by atoms with Gasteiger partial charge >= 0.3 is 5.97 Å². The summed E-state index contributed by atoms with van der Waals surface area (Å²) < 4.78 is 6.26. The molecule has 7 nitrogen and oxygen atoms in total. The zero-order chi connectivity index (χ0) is 23.8. The van der Waals surface area contributed by atoms with Gasteiger partial charge in [0.1, 0.15) is 11.3 Å². The van der Waals surface area contributed by atoms with Crippen LogP contribution in [0.4, 0.5) is 5.69 Å². The third-order valence-corrected chi connectivity index (χ3v) is 5.74. The zero-order valence-corrected chi connectivity index (χ0v) is 18.6. The molecule has 0 fully saturated rings. The Morgan fingerprint density at radius 1 is 1.06 bits per heavy atom. The largest absolute Gasteiger partial charge is 0.478 e. The number of benzene rings is 2. The first-order valence-corrected chi connectivity index (χ1v) is 10.8. The quantitative estimate of drug-likeness (QED) is 0.359. The average Bonchev–Trinajstić information content (AvgIpc) is 2.83. The predicted octanol–water partition coefficient (Wildman–Crippen LogP) is 5.58. The Morgan fingerprint density at radius 3 is 2.71 bits per heavy atom. The molecule has 5 rings (SSSR count). The maximum absolute atomic E-state index is 13.1. The lowest BCUT2D eigenvalue weighted by Gasteiger charge is -2.19. The number of carboxylic acid groups (broad SMARTS) is 1. The maximum atomic E-state index is 13.1. The van der Waals surface area contributed by atoms with Crippen molar-refractivity contribution in [1.29, 1.82) is 0 Å². The van der Waals surface area contributed by atoms with Crippen LogP contribution in [0.15, 0.2) is 82.3 Å². The molecule has 2 N–H and O–H groups in total. The number of aromatic nitrogens is 2. The Bertz CT molecular complexity index is 1620. The number of nitrogens with zero attached hydrogens (tertiary/aromatic N) is 2. The van der Waals surface area contributed by atoms with Crippen molar-refractivity contribution in [2.24, 2.45) is 0 Å². The third-order valence-electron chi connectivity index (χ3n) is 5.74. The average molecular weight is 451 g/mol. The van der Waals surface area contributed by atoms with E-state index in [0.29, 0.717) is 28.1 Å². The van der Waals surface area contributed by atoms with Crippen molar-refractivity contribution in [2.75, 3.05) is 5.32 Å². The van der Waals surface area contributed by atoms with Crippen LogP contribution in [0, 0.1) is 6.92 Å². The van der Waals surface area contributed by atoms with Crippen LogP contribution in [0.2, 0.25) is 0 Å². The number of fused-ring (bicyclic) bond motifs is 2. The number of para-hydroxylation sites is 1. The number of hydrogen-bond acceptors (Lipinski definition) is 6. The number of aryl methyl sites for hydroxylation is 1. The summed E-state index contributed by atoms with van der Waals surface area (Å²) in [6.07, 6.45) is 3.35. The lowest BCUT2D eigenvalue weighted by atomic mass is 10.0. The first-order valence-electron chi connectivity index (χ1n) is 10.8. The van der Waals surface area contributed by atoms with Gasteiger partial charge in [-0.25, -0.2) is 4.79 Å². The van der Waals surface area contributed by atoms with Crippen molar-refractivity contribution in [3.63, 3.8) is 0 Å². The number of pyridine rings is 2. The first kappa shape index (κ1) is 21.3. The second-order valence-corrected chi connectivity index (χ2v) is 8.19. The maximum Gasteiger partial charge on any atom is 0.337 e. The number of rotatable bonds is 5. The lowest BCUT2D eigenvalue weighted by molar-refractivity contribution is 0.0698. The highest BCUT2D eigenvalue weighted by Gasteiger charge is 2.18. The minimum absolute atomic E-state index is 0.169. The molecule has 7 heteroatoms. The molecular formula is C27H21N3O4. The number of carboxylic acids is 1. The predicted molar refractivity (Wildman–Crippen MR) is 131 cm³/mol. The van der Waals surface area contributed by atoms with Crippen molar-refractivity contribution in [1.82, 2.24) is 9.97 Å². The minimum Gasteiger partial charge on any atom is -0.478 e. The van der Waals surface area contributed by atoms with Crippen LogP contribution in [-0.2, 0) is 0 Å². The Morgan fingerprint density at radius 2 is 1.88 bits per heavy atom. The van der Waals surface area contributed by atoms with Crippen molar-refractivity contribution in [3.8, 4) is 11.5 Å². The number of aromatic carboxylic acids is 1. The van der Waals surface area contributed by atoms with E-state index in [1.54, 1.807) is 42.7 Å². The Balaban J connectivity index is 1.64. The monoisotopic (exact) mass is 451 g/mol. The van der Waals surface area contributed by atoms with Crippen LogP contribution < -0.4 is 10.7 Å². The molecule has 0 aliphatic heterocycles. The van der Waals surface area contributed by atoms with Crippen LogP contribution in [0.5, 0.6) is 0 Å². The standard InChI is InChI=1S/C27H21N3O4/c1-15-10-19(16(2)30-21-8-4-3-7-18(21)27(32)33)26-20(11-15)24(31)13-25(34-26)22-12-17-6-5-9-28-23(17)14-29-22/h3-14,16,30H,1-2H3,(H,32,33). The van der Waals surface area contributed by atoms with E-state index < -0.39 is 5.97 Å². The van der Waals surface area contributed by atoms with Crippen LogP contribution in [-0.4, -0.2) is 21.0 Å². The molecule has 0 amide bonds. The van der Waals surface area contributed by atoms with Gasteiger partial charge in [-0.1, -0.05) is 24.3 Å². The van der Waals surface area contributed by atoms with E-state index in [-0.39, 0.29) is 17.0 Å². The summed E-state index contributed by atoms with van der Waals surface area (Å²) in [5.74, 6) is -0.665. The fourth-order valence-corrected chi connectivity index (χ4v) is 4.10. The van der Waals surface area contributed by atoms with Crippen molar-refractivity contribution >= 4 is 33.5 Å². The summed E-state index contributed by atoms with van der Waals surface area (Å²) >= 11 is 0. The molecule has 0 aliphatic carbocycles. The molecule has 34 heavy (non-hydrogen) atoms. The molecule has 0 spiro atoms. The Kier molecular flexibility index (Phi) is 5.30. The summed E-state index contributed by atoms with van der Waals surface area (Å²) in [4.78, 5) is 33.4. The molecule has 3 heterocycles. The fraction of sp³-hybridized carbons (Fsp3) is 0.111. The van der Waals surface area contributed by atoms with Gasteiger partial charge in [0.2, 0.25) is 0 Å². The summed E-state index contributed by atoms with van der Waals surface area (Å²) in [6, 6.07) is 17.2. The lowest BCUT2D eigenvalue weighted by Crippen LogP contribution is -2.12. The van der Waals surface area contributed by atoms with Crippen LogP contribution >= 0.6 is 0 Å². The van der Waals surface area contributed by atoms with Gasteiger partial charge in [-0.3, -0.25) is 14.8 Å². The van der Waals surface area contributed by atoms with Gasteiger partial charge in [-0.05, 0) is 49.7 Å². The van der Waals surface area contributed by atoms with Crippen LogP contribution in [0.25, 0.3) is 33.3 Å². The normalized spacial score (nSPS) is 12.1. The van der Waals surface area contributed by atoms with E-state index in [2.05, 4.69) is 15.3 Å². The molecule has 0 saturated carbocycles. The zero-order valence-electron chi connectivity index (χ0n) is 18.6. The SMILES string of the molecule is Cc1cc(C(C)Nc2ccccc2C(=O)O)c2oc(-c3cc4cccnc4cn3)cc(=O)c2c1. The van der Waals surface area contributed by atoms with Gasteiger partial charge in [0.25, 0.3) is 0 Å². The summed E-state index contributed by atoms with van der Waals surface area (Å²) in [7, 11) is 0. The first-order chi connectivity index (χ1) is 16.4. The van der Waals surface area contributed by atoms with E-state index in [1.807, 2.05) is 38.1 Å². The van der Waals surface area contributed by atoms with Gasteiger partial charge in [0.05, 0.1) is 28.7 Å². The molecule has 0 radical (unpaired) electrons.